The highest BCUT2D eigenvalue weighted by molar-refractivity contribution is 5.77. The molecule has 0 aromatic heterocycles. The summed E-state index contributed by atoms with van der Waals surface area (Å²) in [5.41, 5.74) is -2.20. The highest BCUT2D eigenvalue weighted by Crippen LogP contribution is 2.43. The van der Waals surface area contributed by atoms with E-state index in [0.717, 1.165) is 25.9 Å². The molecule has 0 spiro atoms. The van der Waals surface area contributed by atoms with Gasteiger partial charge in [-0.3, -0.25) is 9.74 Å². The lowest BCUT2D eigenvalue weighted by Gasteiger charge is -2.55. The van der Waals surface area contributed by atoms with Crippen molar-refractivity contribution in [2.45, 2.75) is 82.7 Å². The van der Waals surface area contributed by atoms with E-state index in [9.17, 15) is 15.0 Å². The first-order valence-corrected chi connectivity index (χ1v) is 9.71. The molecule has 0 aromatic carbocycles. The summed E-state index contributed by atoms with van der Waals surface area (Å²) in [4.78, 5) is 22.8. The van der Waals surface area contributed by atoms with Crippen LogP contribution < -0.4 is 0 Å². The van der Waals surface area contributed by atoms with Gasteiger partial charge in [-0.1, -0.05) is 0 Å². The van der Waals surface area contributed by atoms with Crippen LogP contribution in [0.15, 0.2) is 0 Å². The van der Waals surface area contributed by atoms with E-state index >= 15 is 0 Å². The average molecular weight is 372 g/mol. The summed E-state index contributed by atoms with van der Waals surface area (Å²) in [5, 5.41) is 22.2. The molecule has 0 amide bonds. The Labute approximate surface area is 157 Å². The third kappa shape index (κ3) is 4.39. The minimum atomic E-state index is -1.32. The zero-order valence-electron chi connectivity index (χ0n) is 17.3. The minimum Gasteiger partial charge on any atom is -0.478 e. The molecular formula is C19H37N3O4. The van der Waals surface area contributed by atoms with Crippen LogP contribution in [0.4, 0.5) is 0 Å². The maximum absolute atomic E-state index is 12.3. The number of piperidine rings is 1. The van der Waals surface area contributed by atoms with Crippen LogP contribution in [0.25, 0.3) is 0 Å². The maximum atomic E-state index is 12.3. The molecule has 26 heavy (non-hydrogen) atoms. The van der Waals surface area contributed by atoms with Gasteiger partial charge in [0.2, 0.25) is 5.72 Å². The molecule has 1 atom stereocenters. The Hall–Kier alpha value is -0.730. The second kappa shape index (κ2) is 7.72. The Morgan fingerprint density at radius 2 is 1.77 bits per heavy atom. The van der Waals surface area contributed by atoms with Crippen molar-refractivity contribution < 1.29 is 19.8 Å². The number of rotatable bonds is 7. The normalized spacial score (nSPS) is 30.2. The van der Waals surface area contributed by atoms with Crippen molar-refractivity contribution in [3.8, 4) is 0 Å². The van der Waals surface area contributed by atoms with Crippen LogP contribution in [-0.4, -0.2) is 87.7 Å². The Kier molecular flexibility index (Phi) is 6.40. The van der Waals surface area contributed by atoms with Crippen molar-refractivity contribution >= 4 is 5.97 Å². The van der Waals surface area contributed by atoms with Gasteiger partial charge in [0.15, 0.2) is 0 Å². The Bertz CT molecular complexity index is 491. The number of carbonyl (C=O) groups is 1. The second-order valence-electron chi connectivity index (χ2n) is 9.41. The molecule has 2 rings (SSSR count). The van der Waals surface area contributed by atoms with Gasteiger partial charge in [0.25, 0.3) is 0 Å². The average Bonchev–Trinajstić information content (AvgIpc) is 2.85. The van der Waals surface area contributed by atoms with Crippen molar-refractivity contribution in [2.24, 2.45) is 0 Å². The van der Waals surface area contributed by atoms with E-state index in [2.05, 4.69) is 4.90 Å². The van der Waals surface area contributed by atoms with Gasteiger partial charge < -0.3 is 15.1 Å². The van der Waals surface area contributed by atoms with Gasteiger partial charge in [-0.05, 0) is 74.0 Å². The predicted octanol–water partition coefficient (Wildman–Crippen LogP) is 1.76. The Morgan fingerprint density at radius 3 is 2.27 bits per heavy atom. The topological polar surface area (TPSA) is 76.5 Å². The fraction of sp³-hybridized carbons (Fsp3) is 0.947. The third-order valence-corrected chi connectivity index (χ3v) is 5.63. The first-order valence-electron chi connectivity index (χ1n) is 9.71. The number of hydrogen-bond acceptors (Lipinski definition) is 6. The van der Waals surface area contributed by atoms with Gasteiger partial charge in [-0.15, -0.1) is 0 Å². The minimum absolute atomic E-state index is 0.402. The number of aliphatic hydroxyl groups is 1. The molecule has 2 aliphatic rings. The molecule has 0 bridgehead atoms. The van der Waals surface area contributed by atoms with Gasteiger partial charge in [0.05, 0.1) is 6.10 Å². The van der Waals surface area contributed by atoms with Gasteiger partial charge >= 0.3 is 5.97 Å². The van der Waals surface area contributed by atoms with Crippen LogP contribution in [0.1, 0.15) is 59.8 Å². The first-order chi connectivity index (χ1) is 11.9. The van der Waals surface area contributed by atoms with Gasteiger partial charge in [0, 0.05) is 30.6 Å². The van der Waals surface area contributed by atoms with Crippen LogP contribution in [0.5, 0.6) is 0 Å². The van der Waals surface area contributed by atoms with Crippen LogP contribution in [0.3, 0.4) is 0 Å². The quantitative estimate of drug-likeness (QED) is 0.706. The lowest BCUT2D eigenvalue weighted by molar-refractivity contribution is -0.360. The summed E-state index contributed by atoms with van der Waals surface area (Å²) in [6.45, 7) is 10.4. The molecule has 2 aliphatic heterocycles. The van der Waals surface area contributed by atoms with E-state index in [1.807, 2.05) is 51.8 Å². The summed E-state index contributed by atoms with van der Waals surface area (Å²) in [7, 11) is 4.05. The fourth-order valence-corrected chi connectivity index (χ4v) is 4.71. The molecule has 2 fully saturated rings. The Morgan fingerprint density at radius 1 is 1.19 bits per heavy atom. The summed E-state index contributed by atoms with van der Waals surface area (Å²) < 4.78 is 0. The molecule has 0 aromatic rings. The van der Waals surface area contributed by atoms with Crippen LogP contribution in [-0.2, 0) is 9.63 Å². The zero-order valence-corrected chi connectivity index (χ0v) is 17.3. The highest BCUT2D eigenvalue weighted by Gasteiger charge is 2.56. The molecule has 2 saturated heterocycles. The second-order valence-corrected chi connectivity index (χ2v) is 9.41. The smallest absolute Gasteiger partial charge is 0.353 e. The van der Waals surface area contributed by atoms with Crippen molar-refractivity contribution in [3.63, 3.8) is 0 Å². The number of carboxylic acid groups (broad SMARTS) is 1. The number of hydroxylamine groups is 2. The summed E-state index contributed by atoms with van der Waals surface area (Å²) in [6, 6.07) is 0. The lowest BCUT2D eigenvalue weighted by atomic mass is 9.80. The summed E-state index contributed by atoms with van der Waals surface area (Å²) in [6.07, 6.45) is 2.91. The molecule has 152 valence electrons. The molecule has 2 N–H and O–H groups in total. The van der Waals surface area contributed by atoms with Crippen LogP contribution in [0, 0.1) is 0 Å². The number of nitrogens with zero attached hydrogens (tertiary/aromatic N) is 3. The molecule has 7 nitrogen and oxygen atoms in total. The van der Waals surface area contributed by atoms with E-state index in [4.69, 9.17) is 4.84 Å². The van der Waals surface area contributed by atoms with Crippen molar-refractivity contribution in [1.82, 2.24) is 14.9 Å². The maximum Gasteiger partial charge on any atom is 0.353 e. The van der Waals surface area contributed by atoms with E-state index in [0.29, 0.717) is 25.8 Å². The molecule has 0 unspecified atom stereocenters. The van der Waals surface area contributed by atoms with Gasteiger partial charge in [0.1, 0.15) is 0 Å². The van der Waals surface area contributed by atoms with Crippen molar-refractivity contribution in [3.05, 3.63) is 0 Å². The van der Waals surface area contributed by atoms with E-state index < -0.39 is 28.9 Å². The fourth-order valence-electron chi connectivity index (χ4n) is 4.71. The monoisotopic (exact) mass is 371 g/mol. The molecule has 0 saturated carbocycles. The molecule has 2 heterocycles. The number of likely N-dealkylation sites (tertiary alicyclic amines) is 1. The zero-order chi connectivity index (χ0) is 19.8. The Balaban J connectivity index is 2.24. The molecule has 7 heteroatoms. The first kappa shape index (κ1) is 21.6. The number of aliphatic carboxylic acids is 1. The largest absolute Gasteiger partial charge is 0.478 e. The summed E-state index contributed by atoms with van der Waals surface area (Å²) >= 11 is 0. The lowest BCUT2D eigenvalue weighted by Crippen LogP contribution is -2.67. The van der Waals surface area contributed by atoms with Crippen LogP contribution >= 0.6 is 0 Å². The van der Waals surface area contributed by atoms with E-state index in [1.165, 1.54) is 0 Å². The van der Waals surface area contributed by atoms with Crippen molar-refractivity contribution in [2.75, 3.05) is 33.7 Å². The van der Waals surface area contributed by atoms with Crippen molar-refractivity contribution in [1.29, 1.82) is 0 Å². The van der Waals surface area contributed by atoms with E-state index in [1.54, 1.807) is 0 Å². The number of carboxylic acids is 1. The standard InChI is InChI=1S/C19H37N3O4/c1-17(2)13-15(23)14-18(3,4)22(17)26-19(16(24)25)9-7-11-21(19)12-8-10-20(5)6/h15,23H,7-14H2,1-6H3,(H,24,25)/t19-/m1/s1. The molecule has 0 radical (unpaired) electrons. The highest BCUT2D eigenvalue weighted by atomic mass is 16.7. The SMILES string of the molecule is CN(C)CCCN1CCC[C@@]1(ON1C(C)(C)CC(O)CC1(C)C)C(=O)O. The third-order valence-electron chi connectivity index (χ3n) is 5.63. The predicted molar refractivity (Wildman–Crippen MR) is 101 cm³/mol. The van der Waals surface area contributed by atoms with Gasteiger partial charge in [-0.25, -0.2) is 4.79 Å². The number of hydrogen-bond donors (Lipinski definition) is 2. The molecule has 0 aliphatic carbocycles. The molecular weight excluding hydrogens is 334 g/mol. The summed E-state index contributed by atoms with van der Waals surface area (Å²) in [5.74, 6) is -0.919. The van der Waals surface area contributed by atoms with Gasteiger partial charge in [-0.2, -0.15) is 5.06 Å². The van der Waals surface area contributed by atoms with Crippen LogP contribution in [0.2, 0.25) is 0 Å². The van der Waals surface area contributed by atoms with E-state index in [-0.39, 0.29) is 0 Å². The number of aliphatic hydroxyl groups excluding tert-OH is 1.